The highest BCUT2D eigenvalue weighted by molar-refractivity contribution is 7.15. The second-order valence-electron chi connectivity index (χ2n) is 7.14. The van der Waals surface area contributed by atoms with Crippen molar-refractivity contribution < 1.29 is 9.59 Å². The second kappa shape index (κ2) is 7.59. The number of aromatic nitrogens is 2. The molecule has 1 N–H and O–H groups in total. The number of nitrogens with zero attached hydrogens (tertiary/aromatic N) is 3. The summed E-state index contributed by atoms with van der Waals surface area (Å²) < 4.78 is 1.98. The molecule has 2 aromatic heterocycles. The van der Waals surface area contributed by atoms with E-state index in [1.807, 2.05) is 58.6 Å². The fourth-order valence-corrected chi connectivity index (χ4v) is 4.56. The summed E-state index contributed by atoms with van der Waals surface area (Å²) in [5.41, 5.74) is 3.19. The number of hydrogen-bond acceptors (Lipinski definition) is 4. The SMILES string of the molecule is O=C(Nc1ccc(-c2cn3ccsc3n2)cc1)[C@H]1CC(=O)N(c2ccccc2Cl)C1. The number of carbonyl (C=O) groups is 2. The Balaban J connectivity index is 1.27. The van der Waals surface area contributed by atoms with Crippen LogP contribution in [0.25, 0.3) is 16.2 Å². The number of benzene rings is 2. The van der Waals surface area contributed by atoms with Gasteiger partial charge in [0.05, 0.1) is 22.3 Å². The number of thiazole rings is 1. The topological polar surface area (TPSA) is 66.7 Å². The van der Waals surface area contributed by atoms with Crippen LogP contribution < -0.4 is 10.2 Å². The van der Waals surface area contributed by atoms with Crippen molar-refractivity contribution in [3.63, 3.8) is 0 Å². The number of halogens is 1. The summed E-state index contributed by atoms with van der Waals surface area (Å²) in [6, 6.07) is 14.7. The van der Waals surface area contributed by atoms with Gasteiger partial charge in [-0.25, -0.2) is 4.98 Å². The van der Waals surface area contributed by atoms with Crippen LogP contribution in [-0.4, -0.2) is 27.7 Å². The summed E-state index contributed by atoms with van der Waals surface area (Å²) >= 11 is 7.79. The van der Waals surface area contributed by atoms with Crippen molar-refractivity contribution in [2.75, 3.05) is 16.8 Å². The first-order valence-electron chi connectivity index (χ1n) is 9.47. The smallest absolute Gasteiger partial charge is 0.229 e. The van der Waals surface area contributed by atoms with E-state index in [1.54, 1.807) is 28.4 Å². The molecule has 150 valence electrons. The van der Waals surface area contributed by atoms with Crippen LogP contribution in [0.5, 0.6) is 0 Å². The number of imidazole rings is 1. The standard InChI is InChI=1S/C22H17ClN4O2S/c23-17-3-1-2-4-19(17)27-12-15(11-20(27)28)21(29)24-16-7-5-14(6-8-16)18-13-26-9-10-30-22(26)25-18/h1-10,13,15H,11-12H2,(H,24,29)/t15-/m0/s1. The van der Waals surface area contributed by atoms with E-state index in [4.69, 9.17) is 11.6 Å². The van der Waals surface area contributed by atoms with E-state index in [1.165, 1.54) is 0 Å². The highest BCUT2D eigenvalue weighted by Gasteiger charge is 2.35. The second-order valence-corrected chi connectivity index (χ2v) is 8.42. The van der Waals surface area contributed by atoms with Crippen molar-refractivity contribution in [2.45, 2.75) is 6.42 Å². The van der Waals surface area contributed by atoms with Gasteiger partial charge in [0.1, 0.15) is 0 Å². The van der Waals surface area contributed by atoms with Crippen molar-refractivity contribution in [1.29, 1.82) is 0 Å². The number of hydrogen-bond donors (Lipinski definition) is 1. The van der Waals surface area contributed by atoms with Gasteiger partial charge in [0, 0.05) is 42.0 Å². The molecule has 6 nitrogen and oxygen atoms in total. The average molecular weight is 437 g/mol. The van der Waals surface area contributed by atoms with E-state index in [-0.39, 0.29) is 18.2 Å². The van der Waals surface area contributed by atoms with E-state index in [9.17, 15) is 9.59 Å². The van der Waals surface area contributed by atoms with Crippen molar-refractivity contribution in [3.8, 4) is 11.3 Å². The molecule has 5 rings (SSSR count). The van der Waals surface area contributed by atoms with Crippen LogP contribution in [0.15, 0.2) is 66.3 Å². The number of nitrogens with one attached hydrogen (secondary N) is 1. The van der Waals surface area contributed by atoms with Crippen LogP contribution in [0.3, 0.4) is 0 Å². The van der Waals surface area contributed by atoms with Crippen molar-refractivity contribution in [1.82, 2.24) is 9.38 Å². The Morgan fingerprint density at radius 1 is 1.17 bits per heavy atom. The maximum absolute atomic E-state index is 12.7. The van der Waals surface area contributed by atoms with Crippen LogP contribution in [0.2, 0.25) is 5.02 Å². The quantitative estimate of drug-likeness (QED) is 0.504. The molecule has 4 aromatic rings. The Bertz CT molecular complexity index is 1220. The van der Waals surface area contributed by atoms with Crippen LogP contribution in [0.4, 0.5) is 11.4 Å². The number of carbonyl (C=O) groups excluding carboxylic acids is 2. The van der Waals surface area contributed by atoms with Crippen molar-refractivity contribution in [3.05, 3.63) is 71.3 Å². The first kappa shape index (κ1) is 18.8. The fraction of sp³-hybridized carbons (Fsp3) is 0.136. The third kappa shape index (κ3) is 3.46. The summed E-state index contributed by atoms with van der Waals surface area (Å²) in [6.45, 7) is 0.317. The Hall–Kier alpha value is -3.16. The van der Waals surface area contributed by atoms with Gasteiger partial charge in [-0.3, -0.25) is 14.0 Å². The molecule has 1 aliphatic heterocycles. The maximum Gasteiger partial charge on any atom is 0.229 e. The Kier molecular flexibility index (Phi) is 4.77. The summed E-state index contributed by atoms with van der Waals surface area (Å²) in [7, 11) is 0. The monoisotopic (exact) mass is 436 g/mol. The molecule has 0 aliphatic carbocycles. The molecule has 2 aromatic carbocycles. The average Bonchev–Trinajstić information content (AvgIpc) is 3.44. The molecule has 1 aliphatic rings. The Morgan fingerprint density at radius 3 is 2.73 bits per heavy atom. The Labute approximate surface area is 181 Å². The van der Waals surface area contributed by atoms with Crippen molar-refractivity contribution in [2.24, 2.45) is 5.92 Å². The minimum absolute atomic E-state index is 0.0988. The zero-order valence-corrected chi connectivity index (χ0v) is 17.4. The van der Waals surface area contributed by atoms with Gasteiger partial charge in [-0.1, -0.05) is 35.9 Å². The van der Waals surface area contributed by atoms with Gasteiger partial charge in [0.15, 0.2) is 4.96 Å². The van der Waals surface area contributed by atoms with Gasteiger partial charge in [-0.2, -0.15) is 0 Å². The molecule has 0 saturated carbocycles. The van der Waals surface area contributed by atoms with Gasteiger partial charge in [0.2, 0.25) is 11.8 Å². The molecule has 30 heavy (non-hydrogen) atoms. The summed E-state index contributed by atoms with van der Waals surface area (Å²) in [6.07, 6.45) is 4.12. The van der Waals surface area contributed by atoms with Gasteiger partial charge in [0.25, 0.3) is 0 Å². The third-order valence-corrected chi connectivity index (χ3v) is 6.27. The number of para-hydroxylation sites is 1. The van der Waals surface area contributed by atoms with Gasteiger partial charge < -0.3 is 10.2 Å². The molecular weight excluding hydrogens is 420 g/mol. The number of fused-ring (bicyclic) bond motifs is 1. The summed E-state index contributed by atoms with van der Waals surface area (Å²) in [5.74, 6) is -0.695. The summed E-state index contributed by atoms with van der Waals surface area (Å²) in [5, 5.41) is 5.41. The molecular formula is C22H17ClN4O2S. The van der Waals surface area contributed by atoms with Crippen LogP contribution >= 0.6 is 22.9 Å². The van der Waals surface area contributed by atoms with Gasteiger partial charge in [-0.15, -0.1) is 11.3 Å². The largest absolute Gasteiger partial charge is 0.326 e. The number of anilines is 2. The van der Waals surface area contributed by atoms with Crippen LogP contribution in [0.1, 0.15) is 6.42 Å². The molecule has 3 heterocycles. The van der Waals surface area contributed by atoms with Crippen LogP contribution in [0, 0.1) is 5.92 Å². The van der Waals surface area contributed by atoms with Gasteiger partial charge >= 0.3 is 0 Å². The third-order valence-electron chi connectivity index (χ3n) is 5.18. The zero-order valence-electron chi connectivity index (χ0n) is 15.8. The minimum Gasteiger partial charge on any atom is -0.326 e. The van der Waals surface area contributed by atoms with Crippen molar-refractivity contribution >= 4 is 51.1 Å². The number of amides is 2. The van der Waals surface area contributed by atoms with E-state index >= 15 is 0 Å². The lowest BCUT2D eigenvalue weighted by Crippen LogP contribution is -2.28. The molecule has 0 bridgehead atoms. The lowest BCUT2D eigenvalue weighted by Gasteiger charge is -2.18. The predicted molar refractivity (Wildman–Crippen MR) is 119 cm³/mol. The molecule has 0 radical (unpaired) electrons. The molecule has 1 atom stereocenters. The summed E-state index contributed by atoms with van der Waals surface area (Å²) in [4.78, 5) is 32.3. The van der Waals surface area contributed by atoms with E-state index in [0.29, 0.717) is 22.9 Å². The molecule has 0 spiro atoms. The lowest BCUT2D eigenvalue weighted by atomic mass is 10.1. The highest BCUT2D eigenvalue weighted by atomic mass is 35.5. The fourth-order valence-electron chi connectivity index (χ4n) is 3.62. The van der Waals surface area contributed by atoms with E-state index in [2.05, 4.69) is 10.3 Å². The minimum atomic E-state index is -0.423. The lowest BCUT2D eigenvalue weighted by molar-refractivity contribution is -0.122. The van der Waals surface area contributed by atoms with E-state index < -0.39 is 5.92 Å². The first-order chi connectivity index (χ1) is 14.6. The maximum atomic E-state index is 12.7. The Morgan fingerprint density at radius 2 is 1.97 bits per heavy atom. The molecule has 1 saturated heterocycles. The first-order valence-corrected chi connectivity index (χ1v) is 10.7. The van der Waals surface area contributed by atoms with E-state index in [0.717, 1.165) is 16.2 Å². The molecule has 1 fully saturated rings. The highest BCUT2D eigenvalue weighted by Crippen LogP contribution is 2.31. The van der Waals surface area contributed by atoms with Gasteiger partial charge in [-0.05, 0) is 24.3 Å². The molecule has 8 heteroatoms. The normalized spacial score (nSPS) is 16.4. The predicted octanol–water partition coefficient (Wildman–Crippen LogP) is 4.71. The molecule has 0 unspecified atom stereocenters. The zero-order chi connectivity index (χ0) is 20.7. The van der Waals surface area contributed by atoms with Crippen LogP contribution in [-0.2, 0) is 9.59 Å². The number of rotatable bonds is 4. The molecule has 2 amide bonds.